The number of amides is 1. The Labute approximate surface area is 107 Å². The van der Waals surface area contributed by atoms with Crippen molar-refractivity contribution in [3.05, 3.63) is 23.8 Å². The van der Waals surface area contributed by atoms with Crippen molar-refractivity contribution in [1.29, 1.82) is 0 Å². The summed E-state index contributed by atoms with van der Waals surface area (Å²) in [6.07, 6.45) is 3.71. The summed E-state index contributed by atoms with van der Waals surface area (Å²) in [5.41, 5.74) is 6.02. The minimum atomic E-state index is -0.528. The van der Waals surface area contributed by atoms with Crippen LogP contribution in [0.2, 0.25) is 0 Å². The van der Waals surface area contributed by atoms with Crippen molar-refractivity contribution in [2.24, 2.45) is 5.73 Å². The topological polar surface area (TPSA) is 61.5 Å². The molecule has 1 fully saturated rings. The van der Waals surface area contributed by atoms with Gasteiger partial charge >= 0.3 is 0 Å². The maximum Gasteiger partial charge on any atom is 0.228 e. The summed E-state index contributed by atoms with van der Waals surface area (Å²) in [5.74, 6) is 1.06. The fraction of sp³-hybridized carbons (Fsp3) is 0.500. The van der Waals surface area contributed by atoms with Crippen LogP contribution in [-0.4, -0.2) is 20.1 Å². The number of ether oxygens (including phenoxy) is 2. The smallest absolute Gasteiger partial charge is 0.228 e. The highest BCUT2D eigenvalue weighted by Gasteiger charge is 2.41. The molecule has 0 unspecified atom stereocenters. The molecule has 0 saturated heterocycles. The van der Waals surface area contributed by atoms with E-state index in [1.807, 2.05) is 18.2 Å². The Bertz CT molecular complexity index is 450. The number of hydrogen-bond acceptors (Lipinski definition) is 3. The largest absolute Gasteiger partial charge is 0.493 e. The number of primary amides is 1. The number of rotatable bonds is 4. The zero-order valence-electron chi connectivity index (χ0n) is 10.9. The zero-order chi connectivity index (χ0) is 13.2. The number of hydrogen-bond donors (Lipinski definition) is 1. The van der Waals surface area contributed by atoms with Crippen molar-refractivity contribution in [2.45, 2.75) is 31.1 Å². The van der Waals surface area contributed by atoms with Crippen LogP contribution in [0.3, 0.4) is 0 Å². The van der Waals surface area contributed by atoms with Gasteiger partial charge in [0.2, 0.25) is 5.91 Å². The van der Waals surface area contributed by atoms with Crippen LogP contribution in [0.15, 0.2) is 18.2 Å². The summed E-state index contributed by atoms with van der Waals surface area (Å²) in [7, 11) is 3.18. The first-order chi connectivity index (χ1) is 8.64. The Morgan fingerprint density at radius 3 is 2.28 bits per heavy atom. The molecular formula is C14H19NO3. The summed E-state index contributed by atoms with van der Waals surface area (Å²) < 4.78 is 10.5. The van der Waals surface area contributed by atoms with Crippen LogP contribution in [-0.2, 0) is 10.2 Å². The summed E-state index contributed by atoms with van der Waals surface area (Å²) in [5, 5.41) is 0. The molecule has 0 atom stereocenters. The van der Waals surface area contributed by atoms with Gasteiger partial charge in [-0.3, -0.25) is 4.79 Å². The molecule has 1 saturated carbocycles. The number of nitrogens with two attached hydrogens (primary N) is 1. The van der Waals surface area contributed by atoms with Crippen LogP contribution < -0.4 is 15.2 Å². The molecule has 0 heterocycles. The van der Waals surface area contributed by atoms with E-state index in [-0.39, 0.29) is 5.91 Å². The van der Waals surface area contributed by atoms with E-state index in [9.17, 15) is 4.79 Å². The second-order valence-electron chi connectivity index (χ2n) is 4.72. The van der Waals surface area contributed by atoms with Crippen molar-refractivity contribution in [3.8, 4) is 11.5 Å². The number of benzene rings is 1. The lowest BCUT2D eigenvalue weighted by Gasteiger charge is -2.26. The van der Waals surface area contributed by atoms with Gasteiger partial charge < -0.3 is 15.2 Å². The van der Waals surface area contributed by atoms with Gasteiger partial charge in [0.05, 0.1) is 19.6 Å². The lowest BCUT2D eigenvalue weighted by atomic mass is 9.78. The lowest BCUT2D eigenvalue weighted by molar-refractivity contribution is -0.123. The Kier molecular flexibility index (Phi) is 3.45. The molecule has 4 heteroatoms. The van der Waals surface area contributed by atoms with Crippen LogP contribution in [0.5, 0.6) is 11.5 Å². The minimum Gasteiger partial charge on any atom is -0.493 e. The molecule has 1 aromatic carbocycles. The summed E-state index contributed by atoms with van der Waals surface area (Å²) in [6, 6.07) is 5.61. The molecule has 0 spiro atoms. The van der Waals surface area contributed by atoms with Gasteiger partial charge in [-0.15, -0.1) is 0 Å². The standard InChI is InChI=1S/C14H19NO3/c1-17-11-6-5-10(9-12(11)18-2)14(13(15)16)7-3-4-8-14/h5-6,9H,3-4,7-8H2,1-2H3,(H2,15,16). The van der Waals surface area contributed by atoms with Crippen molar-refractivity contribution < 1.29 is 14.3 Å². The molecule has 1 aliphatic carbocycles. The summed E-state index contributed by atoms with van der Waals surface area (Å²) in [6.45, 7) is 0. The molecular weight excluding hydrogens is 230 g/mol. The van der Waals surface area contributed by atoms with E-state index < -0.39 is 5.41 Å². The Morgan fingerprint density at radius 2 is 1.78 bits per heavy atom. The van der Waals surface area contributed by atoms with Gasteiger partial charge in [-0.25, -0.2) is 0 Å². The third kappa shape index (κ3) is 1.92. The first-order valence-corrected chi connectivity index (χ1v) is 6.16. The zero-order valence-corrected chi connectivity index (χ0v) is 10.9. The van der Waals surface area contributed by atoms with E-state index in [0.717, 1.165) is 31.2 Å². The molecule has 1 aliphatic rings. The molecule has 0 radical (unpaired) electrons. The maximum absolute atomic E-state index is 11.8. The number of carbonyl (C=O) groups excluding carboxylic acids is 1. The fourth-order valence-electron chi connectivity index (χ4n) is 2.79. The number of carbonyl (C=O) groups is 1. The van der Waals surface area contributed by atoms with Crippen LogP contribution in [0, 0.1) is 0 Å². The fourth-order valence-corrected chi connectivity index (χ4v) is 2.79. The maximum atomic E-state index is 11.8. The predicted molar refractivity (Wildman–Crippen MR) is 68.9 cm³/mol. The van der Waals surface area contributed by atoms with E-state index in [1.54, 1.807) is 14.2 Å². The van der Waals surface area contributed by atoms with Gasteiger partial charge in [0.25, 0.3) is 0 Å². The second-order valence-corrected chi connectivity index (χ2v) is 4.72. The van der Waals surface area contributed by atoms with Crippen molar-refractivity contribution in [1.82, 2.24) is 0 Å². The van der Waals surface area contributed by atoms with Crippen molar-refractivity contribution >= 4 is 5.91 Å². The quantitative estimate of drug-likeness (QED) is 0.887. The molecule has 0 aliphatic heterocycles. The van der Waals surface area contributed by atoms with E-state index in [4.69, 9.17) is 15.2 Å². The highest BCUT2D eigenvalue weighted by atomic mass is 16.5. The normalized spacial score (nSPS) is 17.4. The van der Waals surface area contributed by atoms with Gasteiger partial charge in [-0.1, -0.05) is 18.9 Å². The Hall–Kier alpha value is -1.71. The molecule has 2 N–H and O–H groups in total. The van der Waals surface area contributed by atoms with Crippen LogP contribution in [0.1, 0.15) is 31.2 Å². The number of methoxy groups -OCH3 is 2. The SMILES string of the molecule is COc1ccc(C2(C(N)=O)CCCC2)cc1OC. The lowest BCUT2D eigenvalue weighted by Crippen LogP contribution is -2.38. The average Bonchev–Trinajstić information content (AvgIpc) is 2.88. The molecule has 4 nitrogen and oxygen atoms in total. The molecule has 0 aromatic heterocycles. The first kappa shape index (κ1) is 12.7. The highest BCUT2D eigenvalue weighted by Crippen LogP contribution is 2.43. The van der Waals surface area contributed by atoms with Gasteiger partial charge in [-0.05, 0) is 30.5 Å². The summed E-state index contributed by atoms with van der Waals surface area (Å²) in [4.78, 5) is 11.8. The van der Waals surface area contributed by atoms with Crippen molar-refractivity contribution in [2.75, 3.05) is 14.2 Å². The van der Waals surface area contributed by atoms with Crippen molar-refractivity contribution in [3.63, 3.8) is 0 Å². The van der Waals surface area contributed by atoms with E-state index in [1.165, 1.54) is 0 Å². The first-order valence-electron chi connectivity index (χ1n) is 6.16. The van der Waals surface area contributed by atoms with Gasteiger partial charge in [0.15, 0.2) is 11.5 Å². The Morgan fingerprint density at radius 1 is 1.17 bits per heavy atom. The minimum absolute atomic E-state index is 0.243. The van der Waals surface area contributed by atoms with Crippen LogP contribution >= 0.6 is 0 Å². The van der Waals surface area contributed by atoms with Crippen LogP contribution in [0.25, 0.3) is 0 Å². The van der Waals surface area contributed by atoms with Gasteiger partial charge in [0, 0.05) is 0 Å². The summed E-state index contributed by atoms with van der Waals surface area (Å²) >= 11 is 0. The van der Waals surface area contributed by atoms with E-state index >= 15 is 0 Å². The third-order valence-electron chi connectivity index (χ3n) is 3.86. The van der Waals surface area contributed by atoms with E-state index in [0.29, 0.717) is 11.5 Å². The molecule has 2 rings (SSSR count). The molecule has 18 heavy (non-hydrogen) atoms. The Balaban J connectivity index is 2.46. The highest BCUT2D eigenvalue weighted by molar-refractivity contribution is 5.87. The molecule has 0 bridgehead atoms. The van der Waals surface area contributed by atoms with E-state index in [2.05, 4.69) is 0 Å². The van der Waals surface area contributed by atoms with Gasteiger partial charge in [-0.2, -0.15) is 0 Å². The van der Waals surface area contributed by atoms with Gasteiger partial charge in [0.1, 0.15) is 0 Å². The second kappa shape index (κ2) is 4.88. The van der Waals surface area contributed by atoms with Crippen LogP contribution in [0.4, 0.5) is 0 Å². The average molecular weight is 249 g/mol. The third-order valence-corrected chi connectivity index (χ3v) is 3.86. The molecule has 98 valence electrons. The predicted octanol–water partition coefficient (Wildman–Crippen LogP) is 2.00. The molecule has 1 aromatic rings. The monoisotopic (exact) mass is 249 g/mol. The molecule has 1 amide bonds.